The number of nitrogens with one attached hydrogen (secondary N) is 1. The second-order valence-corrected chi connectivity index (χ2v) is 5.18. The largest absolute Gasteiger partial charge is 0.316 e. The summed E-state index contributed by atoms with van der Waals surface area (Å²) in [6, 6.07) is 9.72. The summed E-state index contributed by atoms with van der Waals surface area (Å²) in [5.74, 6) is 0. The van der Waals surface area contributed by atoms with Crippen LogP contribution >= 0.6 is 23.2 Å². The van der Waals surface area contributed by atoms with Crippen molar-refractivity contribution in [1.29, 1.82) is 0 Å². The molecule has 0 atom stereocenters. The molecule has 0 amide bonds. The first-order chi connectivity index (χ1) is 9.25. The van der Waals surface area contributed by atoms with E-state index in [0.717, 1.165) is 36.5 Å². The van der Waals surface area contributed by atoms with Crippen LogP contribution in [-0.2, 0) is 12.8 Å². The van der Waals surface area contributed by atoms with Crippen molar-refractivity contribution >= 4 is 23.2 Å². The predicted molar refractivity (Wildman–Crippen MR) is 81.0 cm³/mol. The number of nitrogens with zero attached hydrogens (tertiary/aromatic N) is 1. The fourth-order valence-electron chi connectivity index (χ4n) is 1.85. The minimum absolute atomic E-state index is 0.680. The molecule has 0 unspecified atom stereocenters. The fourth-order valence-corrected chi connectivity index (χ4v) is 2.36. The van der Waals surface area contributed by atoms with Crippen molar-refractivity contribution < 1.29 is 0 Å². The van der Waals surface area contributed by atoms with E-state index in [4.69, 9.17) is 23.2 Å². The molecule has 0 aliphatic carbocycles. The number of benzene rings is 1. The maximum Gasteiger partial charge on any atom is 0.0453 e. The first-order valence-corrected chi connectivity index (χ1v) is 7.05. The minimum Gasteiger partial charge on any atom is -0.316 e. The van der Waals surface area contributed by atoms with Gasteiger partial charge in [-0.25, -0.2) is 0 Å². The molecule has 1 heterocycles. The number of rotatable bonds is 6. The molecule has 100 valence electrons. The van der Waals surface area contributed by atoms with Crippen molar-refractivity contribution in [1.82, 2.24) is 10.3 Å². The number of pyridine rings is 1. The van der Waals surface area contributed by atoms with E-state index in [2.05, 4.69) is 10.3 Å². The lowest BCUT2D eigenvalue weighted by molar-refractivity contribution is 0.681. The van der Waals surface area contributed by atoms with Crippen LogP contribution in [0.3, 0.4) is 0 Å². The molecule has 0 saturated heterocycles. The zero-order chi connectivity index (χ0) is 13.5. The molecule has 2 aromatic rings. The van der Waals surface area contributed by atoms with E-state index in [1.54, 1.807) is 6.07 Å². The Bertz CT molecular complexity index is 515. The van der Waals surface area contributed by atoms with Gasteiger partial charge in [-0.2, -0.15) is 0 Å². The average molecular weight is 295 g/mol. The Morgan fingerprint density at radius 3 is 2.42 bits per heavy atom. The number of aromatic nitrogens is 1. The van der Waals surface area contributed by atoms with Crippen molar-refractivity contribution in [3.8, 4) is 0 Å². The molecular weight excluding hydrogens is 279 g/mol. The molecule has 0 radical (unpaired) electrons. The molecular formula is C15H16Cl2N2. The normalized spacial score (nSPS) is 10.6. The van der Waals surface area contributed by atoms with Crippen LogP contribution in [0.25, 0.3) is 0 Å². The number of hydrogen-bond donors (Lipinski definition) is 1. The first-order valence-electron chi connectivity index (χ1n) is 6.29. The topological polar surface area (TPSA) is 24.9 Å². The highest BCUT2D eigenvalue weighted by Gasteiger charge is 2.00. The Balaban J connectivity index is 1.69. The van der Waals surface area contributed by atoms with Crippen LogP contribution in [0.15, 0.2) is 42.7 Å². The Hall–Kier alpha value is -1.09. The van der Waals surface area contributed by atoms with Gasteiger partial charge in [0.1, 0.15) is 0 Å². The molecule has 1 aromatic heterocycles. The summed E-state index contributed by atoms with van der Waals surface area (Å²) in [5, 5.41) is 4.83. The van der Waals surface area contributed by atoms with Crippen molar-refractivity contribution in [2.75, 3.05) is 13.1 Å². The van der Waals surface area contributed by atoms with Gasteiger partial charge in [0.05, 0.1) is 0 Å². The second kappa shape index (κ2) is 7.49. The lowest BCUT2D eigenvalue weighted by atomic mass is 10.1. The SMILES string of the molecule is Clc1ccc(CCNCCc2ccncc2)c(Cl)c1. The molecule has 0 fully saturated rings. The summed E-state index contributed by atoms with van der Waals surface area (Å²) in [4.78, 5) is 4.00. The lowest BCUT2D eigenvalue weighted by Crippen LogP contribution is -2.20. The molecule has 2 nitrogen and oxygen atoms in total. The van der Waals surface area contributed by atoms with Crippen molar-refractivity contribution in [2.24, 2.45) is 0 Å². The van der Waals surface area contributed by atoms with Gasteiger partial charge in [0.2, 0.25) is 0 Å². The summed E-state index contributed by atoms with van der Waals surface area (Å²) in [7, 11) is 0. The third-order valence-electron chi connectivity index (χ3n) is 2.93. The summed E-state index contributed by atoms with van der Waals surface area (Å²) < 4.78 is 0. The van der Waals surface area contributed by atoms with E-state index in [1.807, 2.05) is 36.7 Å². The van der Waals surface area contributed by atoms with Gasteiger partial charge >= 0.3 is 0 Å². The van der Waals surface area contributed by atoms with E-state index in [1.165, 1.54) is 5.56 Å². The van der Waals surface area contributed by atoms with Gasteiger partial charge in [0.15, 0.2) is 0 Å². The van der Waals surface area contributed by atoms with Gasteiger partial charge in [-0.15, -0.1) is 0 Å². The van der Waals surface area contributed by atoms with Gasteiger partial charge < -0.3 is 5.32 Å². The van der Waals surface area contributed by atoms with Crippen LogP contribution in [-0.4, -0.2) is 18.1 Å². The van der Waals surface area contributed by atoms with Gasteiger partial charge in [0.25, 0.3) is 0 Å². The maximum absolute atomic E-state index is 6.12. The summed E-state index contributed by atoms with van der Waals surface area (Å²) >= 11 is 12.0. The zero-order valence-corrected chi connectivity index (χ0v) is 12.1. The highest BCUT2D eigenvalue weighted by atomic mass is 35.5. The second-order valence-electron chi connectivity index (χ2n) is 4.34. The molecule has 19 heavy (non-hydrogen) atoms. The molecule has 0 bridgehead atoms. The van der Waals surface area contributed by atoms with Crippen LogP contribution < -0.4 is 5.32 Å². The molecule has 4 heteroatoms. The number of halogens is 2. The molecule has 1 aromatic carbocycles. The third kappa shape index (κ3) is 4.83. The Morgan fingerprint density at radius 2 is 1.68 bits per heavy atom. The maximum atomic E-state index is 6.12. The van der Waals surface area contributed by atoms with E-state index in [9.17, 15) is 0 Å². The zero-order valence-electron chi connectivity index (χ0n) is 10.6. The Kier molecular flexibility index (Phi) is 5.64. The van der Waals surface area contributed by atoms with Gasteiger partial charge in [-0.3, -0.25) is 4.98 Å². The van der Waals surface area contributed by atoms with Crippen molar-refractivity contribution in [3.63, 3.8) is 0 Å². The van der Waals surface area contributed by atoms with E-state index in [0.29, 0.717) is 5.02 Å². The average Bonchev–Trinajstić information content (AvgIpc) is 2.42. The lowest BCUT2D eigenvalue weighted by Gasteiger charge is -2.07. The standard InChI is InChI=1S/C15H16Cl2N2/c16-14-2-1-13(15(17)11-14)6-10-19-9-5-12-3-7-18-8-4-12/h1-4,7-8,11,19H,5-6,9-10H2. The minimum atomic E-state index is 0.680. The quantitative estimate of drug-likeness (QED) is 0.821. The molecule has 0 aliphatic rings. The van der Waals surface area contributed by atoms with Crippen LogP contribution in [0.2, 0.25) is 10.0 Å². The van der Waals surface area contributed by atoms with Crippen LogP contribution in [0.1, 0.15) is 11.1 Å². The summed E-state index contributed by atoms with van der Waals surface area (Å²) in [5.41, 5.74) is 2.43. The smallest absolute Gasteiger partial charge is 0.0453 e. The fraction of sp³-hybridized carbons (Fsp3) is 0.267. The summed E-state index contributed by atoms with van der Waals surface area (Å²) in [6.07, 6.45) is 5.56. The molecule has 2 rings (SSSR count). The highest BCUT2D eigenvalue weighted by Crippen LogP contribution is 2.20. The van der Waals surface area contributed by atoms with Crippen LogP contribution in [0.5, 0.6) is 0 Å². The van der Waals surface area contributed by atoms with Crippen LogP contribution in [0.4, 0.5) is 0 Å². The predicted octanol–water partition coefficient (Wildman–Crippen LogP) is 3.76. The third-order valence-corrected chi connectivity index (χ3v) is 3.51. The van der Waals surface area contributed by atoms with Crippen LogP contribution in [0, 0.1) is 0 Å². The van der Waals surface area contributed by atoms with Crippen molar-refractivity contribution in [3.05, 3.63) is 63.9 Å². The van der Waals surface area contributed by atoms with Gasteiger partial charge in [0, 0.05) is 22.4 Å². The molecule has 0 aliphatic heterocycles. The monoisotopic (exact) mass is 294 g/mol. The van der Waals surface area contributed by atoms with E-state index in [-0.39, 0.29) is 0 Å². The highest BCUT2D eigenvalue weighted by molar-refractivity contribution is 6.35. The Labute approximate surface area is 123 Å². The van der Waals surface area contributed by atoms with E-state index < -0.39 is 0 Å². The number of hydrogen-bond acceptors (Lipinski definition) is 2. The summed E-state index contributed by atoms with van der Waals surface area (Å²) in [6.45, 7) is 1.86. The van der Waals surface area contributed by atoms with E-state index >= 15 is 0 Å². The molecule has 1 N–H and O–H groups in total. The Morgan fingerprint density at radius 1 is 0.947 bits per heavy atom. The molecule has 0 saturated carbocycles. The van der Waals surface area contributed by atoms with Crippen molar-refractivity contribution in [2.45, 2.75) is 12.8 Å². The van der Waals surface area contributed by atoms with Gasteiger partial charge in [-0.1, -0.05) is 29.3 Å². The van der Waals surface area contributed by atoms with Gasteiger partial charge in [-0.05, 0) is 61.3 Å². The molecule has 0 spiro atoms. The first kappa shape index (κ1) is 14.3.